The Kier molecular flexibility index (Phi) is 4.89. The van der Waals surface area contributed by atoms with Crippen LogP contribution in [0.4, 0.5) is 0 Å². The molecule has 1 unspecified atom stereocenters. The van der Waals surface area contributed by atoms with E-state index in [0.29, 0.717) is 0 Å². The van der Waals surface area contributed by atoms with Crippen molar-refractivity contribution in [1.29, 1.82) is 0 Å². The maximum absolute atomic E-state index is 4.35. The van der Waals surface area contributed by atoms with Crippen LogP contribution in [-0.4, -0.2) is 12.6 Å². The van der Waals surface area contributed by atoms with Gasteiger partial charge in [0.15, 0.2) is 0 Å². The molecule has 1 nitrogen and oxygen atoms in total. The van der Waals surface area contributed by atoms with Gasteiger partial charge in [-0.1, -0.05) is 26.2 Å². The molecule has 1 rings (SSSR count). The third-order valence-corrected chi connectivity index (χ3v) is 1.55. The predicted molar refractivity (Wildman–Crippen MR) is 31.5 cm³/mol. The van der Waals surface area contributed by atoms with Gasteiger partial charge in [-0.25, -0.2) is 0 Å². The minimum absolute atomic E-state index is 0. The van der Waals surface area contributed by atoms with E-state index in [1.54, 1.807) is 0 Å². The maximum Gasteiger partial charge on any atom is 2.00 e. The van der Waals surface area contributed by atoms with Crippen molar-refractivity contribution in [3.05, 3.63) is 5.32 Å². The van der Waals surface area contributed by atoms with E-state index in [4.69, 9.17) is 0 Å². The molecule has 1 heterocycles. The van der Waals surface area contributed by atoms with Crippen molar-refractivity contribution in [3.63, 3.8) is 0 Å². The van der Waals surface area contributed by atoms with E-state index < -0.39 is 0 Å². The van der Waals surface area contributed by atoms with Crippen LogP contribution in [0.2, 0.25) is 0 Å². The molecule has 0 aromatic rings. The van der Waals surface area contributed by atoms with Crippen molar-refractivity contribution >= 4 is 0 Å². The Morgan fingerprint density at radius 2 is 2.38 bits per heavy atom. The minimum Gasteiger partial charge on any atom is -0.660 e. The summed E-state index contributed by atoms with van der Waals surface area (Å²) in [7, 11) is 0. The quantitative estimate of drug-likeness (QED) is 0.697. The summed E-state index contributed by atoms with van der Waals surface area (Å²) in [5.41, 5.74) is 0. The molecule has 0 aliphatic carbocycles. The first-order chi connectivity index (χ1) is 3.43. The molecule has 0 bridgehead atoms. The van der Waals surface area contributed by atoms with Gasteiger partial charge in [-0.3, -0.25) is 0 Å². The molecule has 46 valence electrons. The zero-order chi connectivity index (χ0) is 5.11. The van der Waals surface area contributed by atoms with Crippen LogP contribution in [0.1, 0.15) is 26.2 Å². The Morgan fingerprint density at radius 3 is 2.62 bits per heavy atom. The standard InChI is InChI=1S/C6H12N.W/c1-2-6-4-3-5-7-6;/h6H,2-5H2,1H3;/q-1;+2. The predicted octanol–water partition coefficient (Wildman–Crippen LogP) is 1.93. The Balaban J connectivity index is 0.000000490. The molecule has 0 N–H and O–H groups in total. The van der Waals surface area contributed by atoms with E-state index in [1.807, 2.05) is 0 Å². The third-order valence-electron chi connectivity index (χ3n) is 1.55. The first kappa shape index (κ1) is 8.65. The van der Waals surface area contributed by atoms with E-state index in [0.717, 1.165) is 12.6 Å². The maximum atomic E-state index is 4.35. The summed E-state index contributed by atoms with van der Waals surface area (Å²) in [4.78, 5) is 0. The summed E-state index contributed by atoms with van der Waals surface area (Å²) in [6.07, 6.45) is 3.93. The van der Waals surface area contributed by atoms with Gasteiger partial charge in [0.05, 0.1) is 0 Å². The molecule has 1 atom stereocenters. The number of hydrogen-bond acceptors (Lipinski definition) is 0. The Hall–Kier alpha value is 0.648. The zero-order valence-electron chi connectivity index (χ0n) is 5.26. The van der Waals surface area contributed by atoms with Crippen LogP contribution in [-0.2, 0) is 21.1 Å². The Morgan fingerprint density at radius 1 is 1.62 bits per heavy atom. The second kappa shape index (κ2) is 4.52. The van der Waals surface area contributed by atoms with E-state index in [1.165, 1.54) is 19.3 Å². The molecule has 1 aliphatic heterocycles. The molecule has 0 aromatic carbocycles. The van der Waals surface area contributed by atoms with E-state index in [2.05, 4.69) is 12.2 Å². The van der Waals surface area contributed by atoms with Gasteiger partial charge >= 0.3 is 21.1 Å². The van der Waals surface area contributed by atoms with Crippen molar-refractivity contribution < 1.29 is 21.1 Å². The summed E-state index contributed by atoms with van der Waals surface area (Å²) in [6, 6.07) is 0.722. The monoisotopic (exact) mass is 282 g/mol. The summed E-state index contributed by atoms with van der Waals surface area (Å²) < 4.78 is 0. The summed E-state index contributed by atoms with van der Waals surface area (Å²) in [6.45, 7) is 3.33. The molecule has 1 saturated heterocycles. The van der Waals surface area contributed by atoms with Crippen molar-refractivity contribution in [2.75, 3.05) is 6.54 Å². The van der Waals surface area contributed by atoms with E-state index >= 15 is 0 Å². The fraction of sp³-hybridized carbons (Fsp3) is 1.00. The topological polar surface area (TPSA) is 14.1 Å². The zero-order valence-corrected chi connectivity index (χ0v) is 8.19. The number of hydrogen-bond donors (Lipinski definition) is 0. The van der Waals surface area contributed by atoms with Crippen molar-refractivity contribution in [1.82, 2.24) is 0 Å². The Bertz CT molecular complexity index is 50.5. The molecule has 0 saturated carbocycles. The first-order valence-electron chi connectivity index (χ1n) is 3.10. The fourth-order valence-electron chi connectivity index (χ4n) is 1.03. The molecule has 1 aliphatic rings. The van der Waals surface area contributed by atoms with Gasteiger partial charge in [0.25, 0.3) is 0 Å². The van der Waals surface area contributed by atoms with Crippen molar-refractivity contribution in [3.8, 4) is 0 Å². The molecule has 0 amide bonds. The van der Waals surface area contributed by atoms with Crippen LogP contribution < -0.4 is 0 Å². The minimum atomic E-state index is 0. The summed E-state index contributed by atoms with van der Waals surface area (Å²) in [5.74, 6) is 0. The van der Waals surface area contributed by atoms with E-state index in [-0.39, 0.29) is 21.1 Å². The SMILES string of the molecule is CCC1CCC[N-]1.[W+2]. The average molecular weight is 282 g/mol. The van der Waals surface area contributed by atoms with Crippen LogP contribution >= 0.6 is 0 Å². The molecule has 2 heteroatoms. The van der Waals surface area contributed by atoms with Gasteiger partial charge < -0.3 is 5.32 Å². The van der Waals surface area contributed by atoms with Gasteiger partial charge in [-0.2, -0.15) is 0 Å². The van der Waals surface area contributed by atoms with Gasteiger partial charge in [0, 0.05) is 0 Å². The average Bonchev–Trinajstić information content (AvgIpc) is 2.14. The fourth-order valence-corrected chi connectivity index (χ4v) is 1.03. The number of rotatable bonds is 1. The smallest absolute Gasteiger partial charge is 0.660 e. The molecule has 8 heavy (non-hydrogen) atoms. The van der Waals surface area contributed by atoms with Crippen LogP contribution in [0.15, 0.2) is 0 Å². The molecular weight excluding hydrogens is 270 g/mol. The van der Waals surface area contributed by atoms with Crippen LogP contribution in [0.25, 0.3) is 5.32 Å². The molecular formula is C6H12NW+. The van der Waals surface area contributed by atoms with Crippen molar-refractivity contribution in [2.24, 2.45) is 0 Å². The van der Waals surface area contributed by atoms with Gasteiger partial charge in [-0.05, 0) is 0 Å². The number of nitrogens with zero attached hydrogens (tertiary/aromatic N) is 1. The van der Waals surface area contributed by atoms with Gasteiger partial charge in [0.1, 0.15) is 0 Å². The first-order valence-corrected chi connectivity index (χ1v) is 3.10. The van der Waals surface area contributed by atoms with E-state index in [9.17, 15) is 0 Å². The Labute approximate surface area is 65.5 Å². The largest absolute Gasteiger partial charge is 2.00 e. The van der Waals surface area contributed by atoms with Crippen LogP contribution in [0, 0.1) is 0 Å². The van der Waals surface area contributed by atoms with Gasteiger partial charge in [-0.15, -0.1) is 12.6 Å². The van der Waals surface area contributed by atoms with Gasteiger partial charge in [0.2, 0.25) is 0 Å². The molecule has 0 radical (unpaired) electrons. The van der Waals surface area contributed by atoms with Crippen LogP contribution in [0.5, 0.6) is 0 Å². The third kappa shape index (κ3) is 2.28. The second-order valence-corrected chi connectivity index (χ2v) is 2.11. The summed E-state index contributed by atoms with van der Waals surface area (Å²) in [5, 5.41) is 4.35. The molecule has 0 spiro atoms. The van der Waals surface area contributed by atoms with Crippen LogP contribution in [0.3, 0.4) is 0 Å². The summed E-state index contributed by atoms with van der Waals surface area (Å²) >= 11 is 0. The molecule has 0 aromatic heterocycles. The normalized spacial score (nSPS) is 27.4. The second-order valence-electron chi connectivity index (χ2n) is 2.11. The molecule has 1 fully saturated rings. The van der Waals surface area contributed by atoms with Crippen molar-refractivity contribution in [2.45, 2.75) is 32.2 Å².